The summed E-state index contributed by atoms with van der Waals surface area (Å²) in [5, 5.41) is 11.5. The summed E-state index contributed by atoms with van der Waals surface area (Å²) in [6.07, 6.45) is 0. The number of benzene rings is 2. The Kier molecular flexibility index (Phi) is 6.28. The molecule has 2 rings (SSSR count). The molecule has 0 saturated heterocycles. The number of rotatable bonds is 8. The molecule has 0 fully saturated rings. The smallest absolute Gasteiger partial charge is 0.341 e. The van der Waals surface area contributed by atoms with Crippen LogP contribution in [0.15, 0.2) is 42.5 Å². The van der Waals surface area contributed by atoms with Crippen LogP contribution in [-0.4, -0.2) is 37.8 Å². The van der Waals surface area contributed by atoms with Gasteiger partial charge in [-0.2, -0.15) is 0 Å². The quantitative estimate of drug-likeness (QED) is 0.738. The van der Waals surface area contributed by atoms with Crippen LogP contribution in [0.3, 0.4) is 0 Å². The normalized spacial score (nSPS) is 10.8. The van der Waals surface area contributed by atoms with Crippen LogP contribution in [0.5, 0.6) is 17.2 Å². The number of hydrogen-bond donors (Lipinski definition) is 2. The van der Waals surface area contributed by atoms with E-state index >= 15 is 0 Å². The molecule has 0 aliphatic carbocycles. The molecule has 0 aliphatic rings. The molecule has 2 aromatic carbocycles. The van der Waals surface area contributed by atoms with Crippen LogP contribution in [0.2, 0.25) is 0 Å². The number of hydrogen-bond acceptors (Lipinski definition) is 5. The molecule has 0 spiro atoms. The largest absolute Gasteiger partial charge is 0.493 e. The molecule has 0 saturated carbocycles. The van der Waals surface area contributed by atoms with Crippen LogP contribution < -0.4 is 19.5 Å². The number of amides is 1. The van der Waals surface area contributed by atoms with E-state index in [1.165, 1.54) is 0 Å². The number of ether oxygens (including phenoxy) is 3. The van der Waals surface area contributed by atoms with Gasteiger partial charge in [0.05, 0.1) is 19.6 Å². The van der Waals surface area contributed by atoms with E-state index in [1.54, 1.807) is 50.6 Å². The summed E-state index contributed by atoms with van der Waals surface area (Å²) in [4.78, 5) is 23.3. The van der Waals surface area contributed by atoms with Crippen molar-refractivity contribution in [2.75, 3.05) is 26.1 Å². The predicted molar refractivity (Wildman–Crippen MR) is 101 cm³/mol. The highest BCUT2D eigenvalue weighted by molar-refractivity contribution is 5.98. The molecule has 0 bridgehead atoms. The van der Waals surface area contributed by atoms with Crippen molar-refractivity contribution in [3.05, 3.63) is 48.0 Å². The standard InChI is InChI=1S/C20H23NO6/c1-20(2,13-5-10-16(25-3)17(11-13)26-4)19(24)21-14-6-8-15(9-7-14)27-12-18(22)23/h5-11H,12H2,1-4H3,(H,21,24)(H,22,23). The molecule has 27 heavy (non-hydrogen) atoms. The minimum atomic E-state index is -1.05. The lowest BCUT2D eigenvalue weighted by Gasteiger charge is -2.25. The van der Waals surface area contributed by atoms with E-state index in [0.29, 0.717) is 22.9 Å². The van der Waals surface area contributed by atoms with E-state index in [-0.39, 0.29) is 5.91 Å². The molecular weight excluding hydrogens is 350 g/mol. The summed E-state index contributed by atoms with van der Waals surface area (Å²) in [6, 6.07) is 11.9. The van der Waals surface area contributed by atoms with Crippen molar-refractivity contribution in [3.63, 3.8) is 0 Å². The average molecular weight is 373 g/mol. The fourth-order valence-electron chi connectivity index (χ4n) is 2.42. The van der Waals surface area contributed by atoms with Gasteiger partial charge in [0.15, 0.2) is 18.1 Å². The van der Waals surface area contributed by atoms with Crippen molar-refractivity contribution in [3.8, 4) is 17.2 Å². The Bertz CT molecular complexity index is 814. The Hall–Kier alpha value is -3.22. The Morgan fingerprint density at radius 1 is 1.00 bits per heavy atom. The maximum Gasteiger partial charge on any atom is 0.341 e. The summed E-state index contributed by atoms with van der Waals surface area (Å²) < 4.78 is 15.6. The monoisotopic (exact) mass is 373 g/mol. The molecule has 0 atom stereocenters. The molecule has 2 aromatic rings. The first-order valence-corrected chi connectivity index (χ1v) is 8.26. The van der Waals surface area contributed by atoms with Crippen LogP contribution in [0.1, 0.15) is 19.4 Å². The van der Waals surface area contributed by atoms with Crippen molar-refractivity contribution in [2.45, 2.75) is 19.3 Å². The van der Waals surface area contributed by atoms with Crippen LogP contribution >= 0.6 is 0 Å². The number of carbonyl (C=O) groups excluding carboxylic acids is 1. The van der Waals surface area contributed by atoms with Crippen LogP contribution in [0.4, 0.5) is 5.69 Å². The summed E-state index contributed by atoms with van der Waals surface area (Å²) in [5.74, 6) is 0.303. The molecule has 1 amide bonds. The minimum Gasteiger partial charge on any atom is -0.493 e. The second kappa shape index (κ2) is 8.44. The predicted octanol–water partition coefficient (Wildman–Crippen LogP) is 3.08. The van der Waals surface area contributed by atoms with Gasteiger partial charge in [-0.1, -0.05) is 6.07 Å². The van der Waals surface area contributed by atoms with Crippen LogP contribution in [0, 0.1) is 0 Å². The third kappa shape index (κ3) is 4.91. The van der Waals surface area contributed by atoms with Gasteiger partial charge in [0, 0.05) is 5.69 Å². The molecule has 0 aliphatic heterocycles. The van der Waals surface area contributed by atoms with E-state index in [9.17, 15) is 9.59 Å². The maximum atomic E-state index is 12.8. The first-order valence-electron chi connectivity index (χ1n) is 8.26. The number of nitrogens with one attached hydrogen (secondary N) is 1. The summed E-state index contributed by atoms with van der Waals surface area (Å²) in [7, 11) is 3.10. The lowest BCUT2D eigenvalue weighted by Crippen LogP contribution is -2.34. The average Bonchev–Trinajstić information content (AvgIpc) is 2.66. The zero-order valence-electron chi connectivity index (χ0n) is 15.7. The topological polar surface area (TPSA) is 94.1 Å². The van der Waals surface area contributed by atoms with Gasteiger partial charge < -0.3 is 24.6 Å². The van der Waals surface area contributed by atoms with Gasteiger partial charge in [0.2, 0.25) is 5.91 Å². The molecule has 0 unspecified atom stereocenters. The van der Waals surface area contributed by atoms with E-state index in [1.807, 2.05) is 19.9 Å². The number of carbonyl (C=O) groups is 2. The van der Waals surface area contributed by atoms with Crippen molar-refractivity contribution in [1.29, 1.82) is 0 Å². The van der Waals surface area contributed by atoms with E-state index in [0.717, 1.165) is 5.56 Å². The Morgan fingerprint density at radius 2 is 1.63 bits per heavy atom. The molecule has 2 N–H and O–H groups in total. The van der Waals surface area contributed by atoms with E-state index < -0.39 is 18.0 Å². The zero-order valence-corrected chi connectivity index (χ0v) is 15.7. The zero-order chi connectivity index (χ0) is 20.0. The fourth-order valence-corrected chi connectivity index (χ4v) is 2.42. The van der Waals surface area contributed by atoms with Gasteiger partial charge in [-0.25, -0.2) is 4.79 Å². The van der Waals surface area contributed by atoms with Gasteiger partial charge in [0.1, 0.15) is 5.75 Å². The van der Waals surface area contributed by atoms with Crippen LogP contribution in [-0.2, 0) is 15.0 Å². The van der Waals surface area contributed by atoms with Crippen molar-refractivity contribution >= 4 is 17.6 Å². The highest BCUT2D eigenvalue weighted by atomic mass is 16.5. The lowest BCUT2D eigenvalue weighted by atomic mass is 9.83. The van der Waals surface area contributed by atoms with Gasteiger partial charge in [-0.15, -0.1) is 0 Å². The summed E-state index contributed by atoms with van der Waals surface area (Å²) in [6.45, 7) is 3.21. The highest BCUT2D eigenvalue weighted by Crippen LogP contribution is 2.34. The Labute approximate surface area is 157 Å². The third-order valence-corrected chi connectivity index (χ3v) is 4.15. The molecule has 144 valence electrons. The second-order valence-corrected chi connectivity index (χ2v) is 6.36. The number of methoxy groups -OCH3 is 2. The summed E-state index contributed by atoms with van der Waals surface area (Å²) in [5.41, 5.74) is 0.535. The van der Waals surface area contributed by atoms with Crippen molar-refractivity contribution in [1.82, 2.24) is 0 Å². The molecule has 0 heterocycles. The molecule has 7 heteroatoms. The maximum absolute atomic E-state index is 12.8. The van der Waals surface area contributed by atoms with E-state index in [4.69, 9.17) is 19.3 Å². The number of carboxylic acids is 1. The molecule has 0 radical (unpaired) electrons. The van der Waals surface area contributed by atoms with Gasteiger partial charge in [-0.3, -0.25) is 4.79 Å². The van der Waals surface area contributed by atoms with E-state index in [2.05, 4.69) is 5.32 Å². The second-order valence-electron chi connectivity index (χ2n) is 6.36. The van der Waals surface area contributed by atoms with Crippen LogP contribution in [0.25, 0.3) is 0 Å². The number of carboxylic acid groups (broad SMARTS) is 1. The Morgan fingerprint density at radius 3 is 2.19 bits per heavy atom. The minimum absolute atomic E-state index is 0.200. The SMILES string of the molecule is COc1ccc(C(C)(C)C(=O)Nc2ccc(OCC(=O)O)cc2)cc1OC. The molecule has 7 nitrogen and oxygen atoms in total. The third-order valence-electron chi connectivity index (χ3n) is 4.15. The first kappa shape index (κ1) is 20.1. The van der Waals surface area contributed by atoms with Gasteiger partial charge in [-0.05, 0) is 55.8 Å². The van der Waals surface area contributed by atoms with Gasteiger partial charge in [0.25, 0.3) is 0 Å². The number of aliphatic carboxylic acids is 1. The van der Waals surface area contributed by atoms with Crippen molar-refractivity contribution in [2.24, 2.45) is 0 Å². The lowest BCUT2D eigenvalue weighted by molar-refractivity contribution is -0.139. The Balaban J connectivity index is 2.13. The number of anilines is 1. The molecule has 0 aromatic heterocycles. The summed E-state index contributed by atoms with van der Waals surface area (Å²) >= 11 is 0. The molecular formula is C20H23NO6. The highest BCUT2D eigenvalue weighted by Gasteiger charge is 2.30. The first-order chi connectivity index (χ1) is 12.8. The van der Waals surface area contributed by atoms with Crippen molar-refractivity contribution < 1.29 is 28.9 Å². The van der Waals surface area contributed by atoms with Gasteiger partial charge >= 0.3 is 5.97 Å². The fraction of sp³-hybridized carbons (Fsp3) is 0.300.